The third kappa shape index (κ3) is 2.96. The van der Waals surface area contributed by atoms with Gasteiger partial charge in [-0.15, -0.1) is 11.3 Å². The predicted molar refractivity (Wildman–Crippen MR) is 73.8 cm³/mol. The summed E-state index contributed by atoms with van der Waals surface area (Å²) in [4.78, 5) is 4.51. The lowest BCUT2D eigenvalue weighted by molar-refractivity contribution is -0.0498. The average molecular weight is 296 g/mol. The number of thiazole rings is 1. The normalized spacial score (nSPS) is 16.4. The van der Waals surface area contributed by atoms with Crippen LogP contribution in [0.2, 0.25) is 0 Å². The molecule has 0 radical (unpaired) electrons. The number of benzene rings is 1. The van der Waals surface area contributed by atoms with Gasteiger partial charge in [-0.25, -0.2) is 4.98 Å². The summed E-state index contributed by atoms with van der Waals surface area (Å²) in [5.74, 6) is 0.682. The lowest BCUT2D eigenvalue weighted by atomic mass is 10.1. The lowest BCUT2D eigenvalue weighted by Gasteiger charge is -2.06. The van der Waals surface area contributed by atoms with Crippen LogP contribution in [0.15, 0.2) is 29.6 Å². The van der Waals surface area contributed by atoms with Gasteiger partial charge in [0.25, 0.3) is 0 Å². The Morgan fingerprint density at radius 3 is 2.85 bits per heavy atom. The largest absolute Gasteiger partial charge is 0.435 e. The number of rotatable bonds is 5. The standard InChI is InChI=1S/C14H14F2N2OS/c15-14(16)19-10-3-1-2-9(6-10)11-7-20-13(18-11)12(17)8-4-5-8/h1-3,6-8,12,14H,4-5,17H2. The summed E-state index contributed by atoms with van der Waals surface area (Å²) >= 11 is 1.52. The zero-order valence-corrected chi connectivity index (χ0v) is 11.4. The molecule has 106 valence electrons. The Labute approximate surface area is 119 Å². The molecule has 6 heteroatoms. The van der Waals surface area contributed by atoms with Crippen molar-refractivity contribution >= 4 is 11.3 Å². The van der Waals surface area contributed by atoms with Gasteiger partial charge in [0.2, 0.25) is 0 Å². The SMILES string of the molecule is NC(c1nc(-c2cccc(OC(F)F)c2)cs1)C1CC1. The molecule has 1 saturated carbocycles. The molecule has 0 saturated heterocycles. The smallest absolute Gasteiger partial charge is 0.387 e. The molecule has 1 heterocycles. The Balaban J connectivity index is 1.81. The second-order valence-electron chi connectivity index (χ2n) is 4.84. The summed E-state index contributed by atoms with van der Waals surface area (Å²) in [7, 11) is 0. The van der Waals surface area contributed by atoms with Crippen LogP contribution in [0.4, 0.5) is 8.78 Å². The molecule has 1 unspecified atom stereocenters. The Kier molecular flexibility index (Phi) is 3.67. The Morgan fingerprint density at radius 2 is 2.15 bits per heavy atom. The summed E-state index contributed by atoms with van der Waals surface area (Å²) in [5, 5.41) is 2.81. The van der Waals surface area contributed by atoms with Gasteiger partial charge in [-0.05, 0) is 30.9 Å². The fourth-order valence-corrected chi connectivity index (χ4v) is 2.98. The number of nitrogens with zero attached hydrogens (tertiary/aromatic N) is 1. The minimum absolute atomic E-state index is 0.00533. The van der Waals surface area contributed by atoms with Crippen LogP contribution in [0.1, 0.15) is 23.9 Å². The van der Waals surface area contributed by atoms with Crippen LogP contribution in [0, 0.1) is 5.92 Å². The third-order valence-electron chi connectivity index (χ3n) is 3.29. The fourth-order valence-electron chi connectivity index (χ4n) is 2.06. The van der Waals surface area contributed by atoms with Gasteiger partial charge < -0.3 is 10.5 Å². The molecule has 1 aliphatic rings. The topological polar surface area (TPSA) is 48.1 Å². The quantitative estimate of drug-likeness (QED) is 0.912. The van der Waals surface area contributed by atoms with E-state index in [0.29, 0.717) is 5.92 Å². The van der Waals surface area contributed by atoms with Crippen molar-refractivity contribution in [2.75, 3.05) is 0 Å². The van der Waals surface area contributed by atoms with E-state index in [2.05, 4.69) is 9.72 Å². The fraction of sp³-hybridized carbons (Fsp3) is 0.357. The van der Waals surface area contributed by atoms with E-state index >= 15 is 0 Å². The van der Waals surface area contributed by atoms with Crippen molar-refractivity contribution in [1.82, 2.24) is 4.98 Å². The molecule has 20 heavy (non-hydrogen) atoms. The van der Waals surface area contributed by atoms with Gasteiger partial charge in [0.05, 0.1) is 11.7 Å². The van der Waals surface area contributed by atoms with E-state index in [-0.39, 0.29) is 11.8 Å². The molecule has 1 fully saturated rings. The minimum Gasteiger partial charge on any atom is -0.435 e. The van der Waals surface area contributed by atoms with Gasteiger partial charge in [0.1, 0.15) is 10.8 Å². The molecule has 0 amide bonds. The van der Waals surface area contributed by atoms with E-state index in [1.54, 1.807) is 12.1 Å². The summed E-state index contributed by atoms with van der Waals surface area (Å²) in [6.45, 7) is -2.82. The first-order valence-electron chi connectivity index (χ1n) is 6.40. The van der Waals surface area contributed by atoms with E-state index in [0.717, 1.165) is 29.1 Å². The van der Waals surface area contributed by atoms with E-state index in [9.17, 15) is 8.78 Å². The number of alkyl halides is 2. The van der Waals surface area contributed by atoms with Gasteiger partial charge in [-0.3, -0.25) is 0 Å². The Morgan fingerprint density at radius 1 is 1.35 bits per heavy atom. The lowest BCUT2D eigenvalue weighted by Crippen LogP contribution is -2.11. The van der Waals surface area contributed by atoms with Crippen LogP contribution in [-0.2, 0) is 0 Å². The van der Waals surface area contributed by atoms with Crippen molar-refractivity contribution in [3.05, 3.63) is 34.7 Å². The maximum Gasteiger partial charge on any atom is 0.387 e. The molecule has 3 nitrogen and oxygen atoms in total. The van der Waals surface area contributed by atoms with Crippen molar-refractivity contribution in [2.45, 2.75) is 25.5 Å². The molecular formula is C14H14F2N2OS. The molecule has 1 aromatic heterocycles. The van der Waals surface area contributed by atoms with Crippen LogP contribution < -0.4 is 10.5 Å². The minimum atomic E-state index is -2.82. The predicted octanol–water partition coefficient (Wildman–Crippen LogP) is 3.82. The number of hydrogen-bond donors (Lipinski definition) is 1. The van der Waals surface area contributed by atoms with Crippen molar-refractivity contribution in [1.29, 1.82) is 0 Å². The number of hydrogen-bond acceptors (Lipinski definition) is 4. The molecule has 2 aromatic rings. The maximum atomic E-state index is 12.2. The average Bonchev–Trinajstić information content (AvgIpc) is 3.14. The highest BCUT2D eigenvalue weighted by atomic mass is 32.1. The number of ether oxygens (including phenoxy) is 1. The molecule has 0 spiro atoms. The van der Waals surface area contributed by atoms with Gasteiger partial charge in [-0.1, -0.05) is 12.1 Å². The zero-order valence-electron chi connectivity index (χ0n) is 10.6. The van der Waals surface area contributed by atoms with Gasteiger partial charge in [0.15, 0.2) is 0 Å². The van der Waals surface area contributed by atoms with Crippen molar-refractivity contribution in [3.8, 4) is 17.0 Å². The van der Waals surface area contributed by atoms with Crippen molar-refractivity contribution in [3.63, 3.8) is 0 Å². The monoisotopic (exact) mass is 296 g/mol. The molecule has 0 bridgehead atoms. The first kappa shape index (κ1) is 13.5. The van der Waals surface area contributed by atoms with Crippen LogP contribution in [0.3, 0.4) is 0 Å². The maximum absolute atomic E-state index is 12.2. The van der Waals surface area contributed by atoms with E-state index in [1.165, 1.54) is 17.4 Å². The Hall–Kier alpha value is -1.53. The highest BCUT2D eigenvalue weighted by Gasteiger charge is 2.31. The highest BCUT2D eigenvalue weighted by Crippen LogP contribution is 2.41. The summed E-state index contributed by atoms with van der Waals surface area (Å²) in [6, 6.07) is 6.55. The Bertz CT molecular complexity index is 598. The molecular weight excluding hydrogens is 282 g/mol. The number of halogens is 2. The molecule has 1 atom stereocenters. The summed E-state index contributed by atoms with van der Waals surface area (Å²) in [6.07, 6.45) is 2.32. The molecule has 2 N–H and O–H groups in total. The molecule has 0 aliphatic heterocycles. The van der Waals surface area contributed by atoms with Crippen LogP contribution in [0.5, 0.6) is 5.75 Å². The van der Waals surface area contributed by atoms with Crippen LogP contribution in [0.25, 0.3) is 11.3 Å². The summed E-state index contributed by atoms with van der Waals surface area (Å²) < 4.78 is 28.8. The van der Waals surface area contributed by atoms with Crippen LogP contribution in [-0.4, -0.2) is 11.6 Å². The van der Waals surface area contributed by atoms with Gasteiger partial charge in [-0.2, -0.15) is 8.78 Å². The second-order valence-corrected chi connectivity index (χ2v) is 5.73. The van der Waals surface area contributed by atoms with Crippen molar-refractivity contribution < 1.29 is 13.5 Å². The van der Waals surface area contributed by atoms with E-state index in [1.807, 2.05) is 11.4 Å². The molecule has 1 aromatic carbocycles. The molecule has 1 aliphatic carbocycles. The number of aromatic nitrogens is 1. The van der Waals surface area contributed by atoms with Crippen LogP contribution >= 0.6 is 11.3 Å². The van der Waals surface area contributed by atoms with Gasteiger partial charge in [0, 0.05) is 10.9 Å². The van der Waals surface area contributed by atoms with Crippen molar-refractivity contribution in [2.24, 2.45) is 11.7 Å². The summed E-state index contributed by atoms with van der Waals surface area (Å²) in [5.41, 5.74) is 7.62. The van der Waals surface area contributed by atoms with Gasteiger partial charge >= 0.3 is 6.61 Å². The molecule has 3 rings (SSSR count). The van der Waals surface area contributed by atoms with E-state index in [4.69, 9.17) is 5.73 Å². The highest BCUT2D eigenvalue weighted by molar-refractivity contribution is 7.10. The third-order valence-corrected chi connectivity index (χ3v) is 4.24. The van der Waals surface area contributed by atoms with E-state index < -0.39 is 6.61 Å². The second kappa shape index (κ2) is 5.46. The zero-order chi connectivity index (χ0) is 14.1. The number of nitrogens with two attached hydrogens (primary N) is 1. The first-order chi connectivity index (χ1) is 9.63. The first-order valence-corrected chi connectivity index (χ1v) is 7.27.